The van der Waals surface area contributed by atoms with Crippen LogP contribution >= 0.6 is 11.3 Å². The van der Waals surface area contributed by atoms with Gasteiger partial charge in [-0.2, -0.15) is 0 Å². The Morgan fingerprint density at radius 1 is 1.17 bits per heavy atom. The number of anilines is 1. The Balaban J connectivity index is 1.50. The Labute approximate surface area is 143 Å². The zero-order valence-electron chi connectivity index (χ0n) is 14.4. The number of hydrogen-bond acceptors (Lipinski definition) is 4. The minimum atomic E-state index is 0.629. The van der Waals surface area contributed by atoms with Crippen LogP contribution in [0, 0.1) is 13.8 Å². The van der Waals surface area contributed by atoms with Crippen molar-refractivity contribution in [2.24, 2.45) is 0 Å². The van der Waals surface area contributed by atoms with Crippen LogP contribution in [-0.2, 0) is 13.0 Å². The molecule has 0 unspecified atom stereocenters. The van der Waals surface area contributed by atoms with Crippen molar-refractivity contribution in [1.29, 1.82) is 0 Å². The molecule has 0 aliphatic carbocycles. The Hall–Kier alpha value is -1.39. The molecule has 3 nitrogen and oxygen atoms in total. The molecule has 0 amide bonds. The number of thiazole rings is 1. The summed E-state index contributed by atoms with van der Waals surface area (Å²) in [4.78, 5) is 8.55. The van der Waals surface area contributed by atoms with Gasteiger partial charge in [-0.1, -0.05) is 24.6 Å². The molecule has 1 N–H and O–H groups in total. The van der Waals surface area contributed by atoms with Crippen molar-refractivity contribution in [3.63, 3.8) is 0 Å². The van der Waals surface area contributed by atoms with Crippen molar-refractivity contribution in [2.75, 3.05) is 18.0 Å². The number of piperidine rings is 1. The highest BCUT2D eigenvalue weighted by atomic mass is 32.1. The predicted molar refractivity (Wildman–Crippen MR) is 99.5 cm³/mol. The van der Waals surface area contributed by atoms with E-state index >= 15 is 0 Å². The van der Waals surface area contributed by atoms with Gasteiger partial charge < -0.3 is 10.2 Å². The minimum Gasteiger partial charge on any atom is -0.371 e. The predicted octanol–water partition coefficient (Wildman–Crippen LogP) is 4.08. The van der Waals surface area contributed by atoms with Gasteiger partial charge in [0.05, 0.1) is 10.7 Å². The fraction of sp³-hybridized carbons (Fsp3) is 0.526. The van der Waals surface area contributed by atoms with Crippen molar-refractivity contribution in [1.82, 2.24) is 10.3 Å². The highest BCUT2D eigenvalue weighted by molar-refractivity contribution is 7.11. The first kappa shape index (κ1) is 16.5. The lowest BCUT2D eigenvalue weighted by molar-refractivity contribution is 0.415. The largest absolute Gasteiger partial charge is 0.371 e. The molecule has 2 heterocycles. The number of benzene rings is 1. The molecule has 0 spiro atoms. The van der Waals surface area contributed by atoms with Crippen molar-refractivity contribution in [3.8, 4) is 0 Å². The third-order valence-corrected chi connectivity index (χ3v) is 5.68. The third-order valence-electron chi connectivity index (χ3n) is 4.67. The van der Waals surface area contributed by atoms with Crippen LogP contribution in [-0.4, -0.2) is 24.1 Å². The molecule has 0 bridgehead atoms. The molecule has 1 aliphatic heterocycles. The number of nitrogens with one attached hydrogen (secondary N) is 1. The molecule has 4 heteroatoms. The quantitative estimate of drug-likeness (QED) is 0.896. The molecule has 1 aliphatic rings. The molecule has 1 aromatic carbocycles. The lowest BCUT2D eigenvalue weighted by Crippen LogP contribution is -2.42. The van der Waals surface area contributed by atoms with Crippen LogP contribution in [0.15, 0.2) is 24.3 Å². The summed E-state index contributed by atoms with van der Waals surface area (Å²) >= 11 is 1.84. The van der Waals surface area contributed by atoms with E-state index in [9.17, 15) is 0 Å². The molecular weight excluding hydrogens is 302 g/mol. The number of aryl methyl sites for hydroxylation is 3. The summed E-state index contributed by atoms with van der Waals surface area (Å²) in [5.41, 5.74) is 3.97. The van der Waals surface area contributed by atoms with Crippen LogP contribution < -0.4 is 10.2 Å². The summed E-state index contributed by atoms with van der Waals surface area (Å²) in [7, 11) is 0. The van der Waals surface area contributed by atoms with Gasteiger partial charge in [-0.3, -0.25) is 0 Å². The van der Waals surface area contributed by atoms with Crippen molar-refractivity contribution < 1.29 is 0 Å². The molecule has 124 valence electrons. The monoisotopic (exact) mass is 329 g/mol. The molecule has 3 rings (SSSR count). The summed E-state index contributed by atoms with van der Waals surface area (Å²) in [5.74, 6) is 0. The summed E-state index contributed by atoms with van der Waals surface area (Å²) in [5, 5.41) is 4.94. The first-order chi connectivity index (χ1) is 11.2. The standard InChI is InChI=1S/C19H27N3S/c1-4-18-19(23-15(3)21-18)13-20-16-9-11-22(12-10-16)17-7-5-14(2)6-8-17/h5-8,16,20H,4,9-13H2,1-3H3. The highest BCUT2D eigenvalue weighted by Crippen LogP contribution is 2.22. The van der Waals surface area contributed by atoms with E-state index in [-0.39, 0.29) is 0 Å². The van der Waals surface area contributed by atoms with Crippen molar-refractivity contribution in [3.05, 3.63) is 45.4 Å². The molecule has 0 radical (unpaired) electrons. The normalized spacial score (nSPS) is 16.0. The lowest BCUT2D eigenvalue weighted by atomic mass is 10.0. The number of hydrogen-bond donors (Lipinski definition) is 1. The summed E-state index contributed by atoms with van der Waals surface area (Å²) < 4.78 is 0. The van der Waals surface area contributed by atoms with Gasteiger partial charge in [0.1, 0.15) is 0 Å². The Morgan fingerprint density at radius 3 is 2.52 bits per heavy atom. The van der Waals surface area contributed by atoms with E-state index in [1.165, 1.54) is 39.7 Å². The van der Waals surface area contributed by atoms with Gasteiger partial charge in [0.15, 0.2) is 0 Å². The summed E-state index contributed by atoms with van der Waals surface area (Å²) in [6.07, 6.45) is 3.47. The van der Waals surface area contributed by atoms with Crippen LogP contribution in [0.25, 0.3) is 0 Å². The minimum absolute atomic E-state index is 0.629. The Kier molecular flexibility index (Phi) is 5.34. The second-order valence-corrected chi connectivity index (χ2v) is 7.72. The van der Waals surface area contributed by atoms with Crippen LogP contribution in [0.3, 0.4) is 0 Å². The summed E-state index contributed by atoms with van der Waals surface area (Å²) in [6.45, 7) is 9.70. The van der Waals surface area contributed by atoms with Gasteiger partial charge in [0.25, 0.3) is 0 Å². The second-order valence-electron chi connectivity index (χ2n) is 6.43. The molecule has 0 atom stereocenters. The van der Waals surface area contributed by atoms with E-state index in [0.717, 1.165) is 26.1 Å². The van der Waals surface area contributed by atoms with Crippen molar-refractivity contribution >= 4 is 17.0 Å². The number of nitrogens with zero attached hydrogens (tertiary/aromatic N) is 2. The maximum atomic E-state index is 4.62. The van der Waals surface area contributed by atoms with Gasteiger partial charge in [0, 0.05) is 36.2 Å². The Morgan fingerprint density at radius 2 is 1.87 bits per heavy atom. The molecule has 1 aromatic heterocycles. The van der Waals surface area contributed by atoms with Crippen LogP contribution in [0.4, 0.5) is 5.69 Å². The van der Waals surface area contributed by atoms with Gasteiger partial charge in [-0.05, 0) is 45.2 Å². The van der Waals surface area contributed by atoms with Gasteiger partial charge in [0.2, 0.25) is 0 Å². The van der Waals surface area contributed by atoms with E-state index in [1.807, 2.05) is 11.3 Å². The smallest absolute Gasteiger partial charge is 0.0900 e. The van der Waals surface area contributed by atoms with Crippen LogP contribution in [0.2, 0.25) is 0 Å². The average molecular weight is 330 g/mol. The number of aromatic nitrogens is 1. The average Bonchev–Trinajstić information content (AvgIpc) is 2.94. The third kappa shape index (κ3) is 4.12. The summed E-state index contributed by atoms with van der Waals surface area (Å²) in [6, 6.07) is 9.53. The molecule has 1 saturated heterocycles. The van der Waals surface area contributed by atoms with Gasteiger partial charge in [-0.15, -0.1) is 11.3 Å². The topological polar surface area (TPSA) is 28.2 Å². The second kappa shape index (κ2) is 7.45. The molecule has 0 saturated carbocycles. The maximum absolute atomic E-state index is 4.62. The lowest BCUT2D eigenvalue weighted by Gasteiger charge is -2.34. The van der Waals surface area contributed by atoms with Crippen LogP contribution in [0.5, 0.6) is 0 Å². The van der Waals surface area contributed by atoms with Crippen LogP contribution in [0.1, 0.15) is 40.9 Å². The highest BCUT2D eigenvalue weighted by Gasteiger charge is 2.19. The van der Waals surface area contributed by atoms with Gasteiger partial charge >= 0.3 is 0 Å². The number of rotatable bonds is 5. The van der Waals surface area contributed by atoms with Gasteiger partial charge in [-0.25, -0.2) is 4.98 Å². The molecule has 23 heavy (non-hydrogen) atoms. The maximum Gasteiger partial charge on any atom is 0.0900 e. The zero-order chi connectivity index (χ0) is 16.2. The zero-order valence-corrected chi connectivity index (χ0v) is 15.2. The van der Waals surface area contributed by atoms with E-state index < -0.39 is 0 Å². The van der Waals surface area contributed by atoms with E-state index in [4.69, 9.17) is 0 Å². The molecule has 2 aromatic rings. The fourth-order valence-corrected chi connectivity index (χ4v) is 4.24. The first-order valence-corrected chi connectivity index (χ1v) is 9.47. The van der Waals surface area contributed by atoms with E-state index in [0.29, 0.717) is 6.04 Å². The van der Waals surface area contributed by atoms with E-state index in [1.54, 1.807) is 0 Å². The first-order valence-electron chi connectivity index (χ1n) is 8.66. The SMILES string of the molecule is CCc1nc(C)sc1CNC1CCN(c2ccc(C)cc2)CC1. The molecule has 1 fully saturated rings. The van der Waals surface area contributed by atoms with Crippen molar-refractivity contribution in [2.45, 2.75) is 52.6 Å². The fourth-order valence-electron chi connectivity index (χ4n) is 3.26. The van der Waals surface area contributed by atoms with E-state index in [2.05, 4.69) is 60.2 Å². The Bertz CT molecular complexity index is 625. The molecular formula is C19H27N3S.